The van der Waals surface area contributed by atoms with Crippen LogP contribution in [0, 0.1) is 0 Å². The number of aryl methyl sites for hydroxylation is 2. The molecule has 0 fully saturated rings. The van der Waals surface area contributed by atoms with Crippen LogP contribution in [0.1, 0.15) is 295 Å². The largest absolute Gasteiger partial charge is 2.00 e. The molecular weight excluding hydrogens is 897 g/mol. The van der Waals surface area contributed by atoms with Crippen molar-refractivity contribution in [2.75, 3.05) is 0 Å². The molecule has 0 spiro atoms. The molecule has 0 aliphatic carbocycles. The van der Waals surface area contributed by atoms with E-state index in [9.17, 15) is 25.9 Å². The molecule has 0 aromatic heterocycles. The second-order valence-electron chi connectivity index (χ2n) is 19.8. The SMILES string of the molecule is CCCCCCCCCCCCCCCCCCCCCCCc1ccc(S(=O)(=O)[O-])cc1.CCCCCCCCCCCCCCCCCCCCCCCc1ccc(S(=O)(=O)[O-])cc1.[Ca+2]. The molecule has 384 valence electrons. The summed E-state index contributed by atoms with van der Waals surface area (Å²) < 4.78 is 65.7. The van der Waals surface area contributed by atoms with Gasteiger partial charge in [0.05, 0.1) is 9.79 Å². The molecule has 0 radical (unpaired) electrons. The van der Waals surface area contributed by atoms with Gasteiger partial charge >= 0.3 is 37.7 Å². The fraction of sp³-hybridized carbons (Fsp3) is 0.793. The summed E-state index contributed by atoms with van der Waals surface area (Å²) in [5, 5.41) is 0. The van der Waals surface area contributed by atoms with Crippen LogP contribution in [0.25, 0.3) is 0 Å². The van der Waals surface area contributed by atoms with Crippen LogP contribution in [0.15, 0.2) is 58.3 Å². The smallest absolute Gasteiger partial charge is 0.744 e. The molecule has 0 aliphatic heterocycles. The van der Waals surface area contributed by atoms with Crippen molar-refractivity contribution in [2.24, 2.45) is 0 Å². The third-order valence-electron chi connectivity index (χ3n) is 13.6. The number of hydrogen-bond acceptors (Lipinski definition) is 6. The van der Waals surface area contributed by atoms with Crippen LogP contribution in [0.5, 0.6) is 0 Å². The van der Waals surface area contributed by atoms with Gasteiger partial charge in [0.25, 0.3) is 0 Å². The molecule has 0 saturated heterocycles. The van der Waals surface area contributed by atoms with E-state index in [2.05, 4.69) is 13.8 Å². The summed E-state index contributed by atoms with van der Waals surface area (Å²) in [6.45, 7) is 4.57. The van der Waals surface area contributed by atoms with Crippen molar-refractivity contribution in [1.82, 2.24) is 0 Å². The van der Waals surface area contributed by atoms with E-state index in [0.29, 0.717) is 0 Å². The van der Waals surface area contributed by atoms with Gasteiger partial charge in [-0.05, 0) is 61.1 Å². The van der Waals surface area contributed by atoms with E-state index in [1.54, 1.807) is 24.3 Å². The van der Waals surface area contributed by atoms with Gasteiger partial charge in [-0.2, -0.15) is 0 Å². The van der Waals surface area contributed by atoms with Crippen molar-refractivity contribution in [1.29, 1.82) is 0 Å². The van der Waals surface area contributed by atoms with Crippen LogP contribution >= 0.6 is 0 Å². The van der Waals surface area contributed by atoms with Gasteiger partial charge in [0.1, 0.15) is 20.2 Å². The maximum atomic E-state index is 10.9. The molecule has 6 nitrogen and oxygen atoms in total. The minimum absolute atomic E-state index is 0. The van der Waals surface area contributed by atoms with Crippen molar-refractivity contribution in [3.63, 3.8) is 0 Å². The van der Waals surface area contributed by atoms with E-state index in [1.807, 2.05) is 0 Å². The van der Waals surface area contributed by atoms with Crippen LogP contribution in [-0.2, 0) is 33.1 Å². The van der Waals surface area contributed by atoms with Gasteiger partial charge in [-0.3, -0.25) is 0 Å². The number of unbranched alkanes of at least 4 members (excludes halogenated alkanes) is 40. The van der Waals surface area contributed by atoms with Crippen molar-refractivity contribution in [3.8, 4) is 0 Å². The summed E-state index contributed by atoms with van der Waals surface area (Å²) in [6, 6.07) is 12.8. The quantitative estimate of drug-likeness (QED) is 0.0371. The Labute approximate surface area is 446 Å². The molecule has 0 atom stereocenters. The summed E-state index contributed by atoms with van der Waals surface area (Å²) in [6.07, 6.45) is 60.2. The Morgan fingerprint density at radius 2 is 0.418 bits per heavy atom. The Morgan fingerprint density at radius 3 is 0.567 bits per heavy atom. The van der Waals surface area contributed by atoms with E-state index >= 15 is 0 Å². The van der Waals surface area contributed by atoms with Crippen molar-refractivity contribution in [2.45, 2.75) is 306 Å². The van der Waals surface area contributed by atoms with E-state index in [1.165, 1.54) is 281 Å². The summed E-state index contributed by atoms with van der Waals surface area (Å²) in [5.74, 6) is 0. The Bertz CT molecular complexity index is 1430. The third kappa shape index (κ3) is 44.0. The Kier molecular flexibility index (Phi) is 47.5. The Hall–Kier alpha value is -0.480. The first kappa shape index (κ1) is 66.5. The first-order chi connectivity index (χ1) is 32.1. The normalized spacial score (nSPS) is 11.6. The van der Waals surface area contributed by atoms with Crippen LogP contribution < -0.4 is 0 Å². The molecule has 2 rings (SSSR count). The monoisotopic (exact) mass is 999 g/mol. The van der Waals surface area contributed by atoms with E-state index in [0.717, 1.165) is 36.8 Å². The molecular formula is C58H102CaO6S2. The topological polar surface area (TPSA) is 114 Å². The second kappa shape index (κ2) is 47.8. The van der Waals surface area contributed by atoms with Gasteiger partial charge in [0.2, 0.25) is 0 Å². The predicted octanol–water partition coefficient (Wildman–Crippen LogP) is 18.3. The average molecular weight is 1000 g/mol. The minimum atomic E-state index is -4.33. The number of hydrogen-bond donors (Lipinski definition) is 0. The van der Waals surface area contributed by atoms with Crippen molar-refractivity contribution in [3.05, 3.63) is 59.7 Å². The molecule has 9 heteroatoms. The minimum Gasteiger partial charge on any atom is -0.744 e. The van der Waals surface area contributed by atoms with Crippen LogP contribution in [0.2, 0.25) is 0 Å². The predicted molar refractivity (Wildman–Crippen MR) is 287 cm³/mol. The molecule has 67 heavy (non-hydrogen) atoms. The maximum Gasteiger partial charge on any atom is 2.00 e. The average Bonchev–Trinajstić information content (AvgIpc) is 3.30. The molecule has 0 aliphatic rings. The van der Waals surface area contributed by atoms with E-state index in [4.69, 9.17) is 0 Å². The first-order valence-electron chi connectivity index (χ1n) is 28.2. The maximum absolute atomic E-state index is 10.9. The second-order valence-corrected chi connectivity index (χ2v) is 22.6. The molecule has 0 saturated carbocycles. The molecule has 0 heterocycles. The molecule has 2 aromatic rings. The molecule has 0 bridgehead atoms. The van der Waals surface area contributed by atoms with Crippen molar-refractivity contribution < 1.29 is 25.9 Å². The van der Waals surface area contributed by atoms with Crippen molar-refractivity contribution >= 4 is 58.0 Å². The summed E-state index contributed by atoms with van der Waals surface area (Å²) in [7, 11) is -8.65. The van der Waals surface area contributed by atoms with Gasteiger partial charge in [-0.15, -0.1) is 0 Å². The molecule has 0 N–H and O–H groups in total. The molecule has 2 aromatic carbocycles. The third-order valence-corrected chi connectivity index (χ3v) is 15.3. The molecule has 0 unspecified atom stereocenters. The van der Waals surface area contributed by atoms with Gasteiger partial charge < -0.3 is 9.11 Å². The van der Waals surface area contributed by atoms with E-state index < -0.39 is 20.2 Å². The van der Waals surface area contributed by atoms with E-state index in [-0.39, 0.29) is 47.5 Å². The standard InChI is InChI=1S/2C29H52O3S.Ca/c2*1-2-3-4-5-6-7-8-9-10-11-12-13-14-15-16-17-18-19-20-21-22-23-28-24-26-29(27-25-28)33(30,31)32;/h2*24-27H,2-23H2,1H3,(H,30,31,32);/q;;+2/p-2. The summed E-state index contributed by atoms with van der Waals surface area (Å²) in [4.78, 5) is -0.268. The fourth-order valence-corrected chi connectivity index (χ4v) is 10.1. The van der Waals surface area contributed by atoms with Gasteiger partial charge in [0, 0.05) is 0 Å². The molecule has 0 amide bonds. The fourth-order valence-electron chi connectivity index (χ4n) is 9.17. The van der Waals surface area contributed by atoms with Crippen LogP contribution in [-0.4, -0.2) is 63.7 Å². The summed E-state index contributed by atoms with van der Waals surface area (Å²) in [5.41, 5.74) is 2.22. The van der Waals surface area contributed by atoms with Gasteiger partial charge in [-0.25, -0.2) is 16.8 Å². The van der Waals surface area contributed by atoms with Gasteiger partial charge in [-0.1, -0.05) is 295 Å². The van der Waals surface area contributed by atoms with Gasteiger partial charge in [0.15, 0.2) is 0 Å². The zero-order valence-corrected chi connectivity index (χ0v) is 47.5. The first-order valence-corrected chi connectivity index (χ1v) is 31.0. The zero-order valence-electron chi connectivity index (χ0n) is 43.7. The summed E-state index contributed by atoms with van der Waals surface area (Å²) >= 11 is 0. The van der Waals surface area contributed by atoms with Crippen LogP contribution in [0.4, 0.5) is 0 Å². The zero-order chi connectivity index (χ0) is 48.1. The van der Waals surface area contributed by atoms with Crippen LogP contribution in [0.3, 0.4) is 0 Å². The Morgan fingerprint density at radius 1 is 0.269 bits per heavy atom. The number of benzene rings is 2. The Balaban J connectivity index is 0.00000128. The number of rotatable bonds is 46.